The standard InChI is InChI=1S/C11H15N3O2/c1-16-11(15)8-4-6-14(7-8)10-9(12)3-2-5-13-10/h2-3,5,8H,4,6-7,12H2,1H3. The molecular weight excluding hydrogens is 206 g/mol. The second-order valence-corrected chi connectivity index (χ2v) is 3.87. The number of hydrogen-bond acceptors (Lipinski definition) is 5. The number of ether oxygens (including phenoxy) is 1. The van der Waals surface area contributed by atoms with Crippen LogP contribution in [-0.2, 0) is 9.53 Å². The van der Waals surface area contributed by atoms with Gasteiger partial charge in [0.15, 0.2) is 5.82 Å². The zero-order valence-corrected chi connectivity index (χ0v) is 9.22. The smallest absolute Gasteiger partial charge is 0.310 e. The van der Waals surface area contributed by atoms with E-state index in [-0.39, 0.29) is 11.9 Å². The predicted octanol–water partition coefficient (Wildman–Crippen LogP) is 0.663. The Hall–Kier alpha value is -1.78. The monoisotopic (exact) mass is 221 g/mol. The Morgan fingerprint density at radius 2 is 2.50 bits per heavy atom. The Morgan fingerprint density at radius 3 is 3.19 bits per heavy atom. The summed E-state index contributed by atoms with van der Waals surface area (Å²) in [5.41, 5.74) is 6.48. The number of carbonyl (C=O) groups is 1. The van der Waals surface area contributed by atoms with Crippen LogP contribution >= 0.6 is 0 Å². The minimum atomic E-state index is -0.156. The van der Waals surface area contributed by atoms with Gasteiger partial charge in [-0.3, -0.25) is 4.79 Å². The first kappa shape index (κ1) is 10.7. The molecule has 1 aliphatic heterocycles. The molecule has 2 rings (SSSR count). The maximum absolute atomic E-state index is 11.4. The third-order valence-electron chi connectivity index (χ3n) is 2.84. The fraction of sp³-hybridized carbons (Fsp3) is 0.455. The highest BCUT2D eigenvalue weighted by molar-refractivity contribution is 5.74. The maximum Gasteiger partial charge on any atom is 0.310 e. The van der Waals surface area contributed by atoms with E-state index in [0.29, 0.717) is 12.2 Å². The number of carbonyl (C=O) groups excluding carboxylic acids is 1. The SMILES string of the molecule is COC(=O)C1CCN(c2ncccc2N)C1. The predicted molar refractivity (Wildman–Crippen MR) is 61.0 cm³/mol. The molecule has 1 aromatic rings. The number of nitrogen functional groups attached to an aromatic ring is 1. The van der Waals surface area contributed by atoms with Crippen molar-refractivity contribution in [2.45, 2.75) is 6.42 Å². The minimum absolute atomic E-state index is 0.0635. The van der Waals surface area contributed by atoms with E-state index in [4.69, 9.17) is 10.5 Å². The maximum atomic E-state index is 11.4. The summed E-state index contributed by atoms with van der Waals surface area (Å²) < 4.78 is 4.73. The van der Waals surface area contributed by atoms with Crippen molar-refractivity contribution in [3.05, 3.63) is 18.3 Å². The number of methoxy groups -OCH3 is 1. The topological polar surface area (TPSA) is 68.5 Å². The Kier molecular flexibility index (Phi) is 2.94. The van der Waals surface area contributed by atoms with E-state index >= 15 is 0 Å². The van der Waals surface area contributed by atoms with Crippen molar-refractivity contribution < 1.29 is 9.53 Å². The van der Waals surface area contributed by atoms with Crippen LogP contribution in [0.25, 0.3) is 0 Å². The van der Waals surface area contributed by atoms with Gasteiger partial charge in [0.05, 0.1) is 18.7 Å². The van der Waals surface area contributed by atoms with Gasteiger partial charge >= 0.3 is 5.97 Å². The lowest BCUT2D eigenvalue weighted by atomic mass is 10.1. The zero-order valence-electron chi connectivity index (χ0n) is 9.22. The molecular formula is C11H15N3O2. The van der Waals surface area contributed by atoms with E-state index in [1.807, 2.05) is 11.0 Å². The number of pyridine rings is 1. The van der Waals surface area contributed by atoms with Gasteiger partial charge in [-0.15, -0.1) is 0 Å². The van der Waals surface area contributed by atoms with Crippen molar-refractivity contribution in [2.75, 3.05) is 30.8 Å². The van der Waals surface area contributed by atoms with Gasteiger partial charge in [0.25, 0.3) is 0 Å². The molecule has 0 radical (unpaired) electrons. The molecule has 0 bridgehead atoms. The fourth-order valence-corrected chi connectivity index (χ4v) is 1.99. The van der Waals surface area contributed by atoms with Crippen molar-refractivity contribution in [1.82, 2.24) is 4.98 Å². The summed E-state index contributed by atoms with van der Waals surface area (Å²) in [6, 6.07) is 3.61. The third kappa shape index (κ3) is 1.93. The molecule has 1 aromatic heterocycles. The lowest BCUT2D eigenvalue weighted by Crippen LogP contribution is -2.25. The van der Waals surface area contributed by atoms with Gasteiger partial charge in [-0.25, -0.2) is 4.98 Å². The Morgan fingerprint density at radius 1 is 1.69 bits per heavy atom. The molecule has 16 heavy (non-hydrogen) atoms. The van der Waals surface area contributed by atoms with Crippen LogP contribution in [0, 0.1) is 5.92 Å². The van der Waals surface area contributed by atoms with Crippen LogP contribution in [0.5, 0.6) is 0 Å². The lowest BCUT2D eigenvalue weighted by molar-refractivity contribution is -0.144. The molecule has 0 saturated carbocycles. The number of anilines is 2. The van der Waals surface area contributed by atoms with Gasteiger partial charge in [0.2, 0.25) is 0 Å². The van der Waals surface area contributed by atoms with Crippen molar-refractivity contribution >= 4 is 17.5 Å². The van der Waals surface area contributed by atoms with Gasteiger partial charge in [0.1, 0.15) is 0 Å². The first-order valence-electron chi connectivity index (χ1n) is 5.25. The van der Waals surface area contributed by atoms with E-state index in [0.717, 1.165) is 18.8 Å². The number of rotatable bonds is 2. The second kappa shape index (κ2) is 4.38. The van der Waals surface area contributed by atoms with Crippen molar-refractivity contribution in [2.24, 2.45) is 5.92 Å². The van der Waals surface area contributed by atoms with Crippen molar-refractivity contribution in [3.63, 3.8) is 0 Å². The molecule has 0 aromatic carbocycles. The van der Waals surface area contributed by atoms with Crippen LogP contribution in [0.1, 0.15) is 6.42 Å². The first-order valence-corrected chi connectivity index (χ1v) is 5.25. The Labute approximate surface area is 94.2 Å². The number of hydrogen-bond donors (Lipinski definition) is 1. The molecule has 2 heterocycles. The molecule has 1 aliphatic rings. The molecule has 1 unspecified atom stereocenters. The average Bonchev–Trinajstić information content (AvgIpc) is 2.78. The summed E-state index contributed by atoms with van der Waals surface area (Å²) in [6.45, 7) is 1.43. The summed E-state index contributed by atoms with van der Waals surface area (Å²) in [4.78, 5) is 17.6. The van der Waals surface area contributed by atoms with E-state index < -0.39 is 0 Å². The van der Waals surface area contributed by atoms with E-state index in [2.05, 4.69) is 4.98 Å². The van der Waals surface area contributed by atoms with Crippen LogP contribution in [-0.4, -0.2) is 31.2 Å². The van der Waals surface area contributed by atoms with E-state index in [1.165, 1.54) is 7.11 Å². The summed E-state index contributed by atoms with van der Waals surface area (Å²) in [5.74, 6) is 0.539. The van der Waals surface area contributed by atoms with Crippen LogP contribution in [0.2, 0.25) is 0 Å². The molecule has 5 heteroatoms. The Balaban J connectivity index is 2.09. The van der Waals surface area contributed by atoms with Gasteiger partial charge in [0, 0.05) is 19.3 Å². The Bertz CT molecular complexity index is 395. The molecule has 5 nitrogen and oxygen atoms in total. The quantitative estimate of drug-likeness (QED) is 0.743. The highest BCUT2D eigenvalue weighted by Crippen LogP contribution is 2.26. The van der Waals surface area contributed by atoms with Crippen molar-refractivity contribution in [1.29, 1.82) is 0 Å². The number of esters is 1. The van der Waals surface area contributed by atoms with Crippen LogP contribution in [0.3, 0.4) is 0 Å². The number of aromatic nitrogens is 1. The third-order valence-corrected chi connectivity index (χ3v) is 2.84. The molecule has 1 saturated heterocycles. The minimum Gasteiger partial charge on any atom is -0.469 e. The number of nitrogens with two attached hydrogens (primary N) is 1. The molecule has 1 atom stereocenters. The molecule has 0 spiro atoms. The molecule has 1 fully saturated rings. The summed E-state index contributed by atoms with van der Waals surface area (Å²) in [5, 5.41) is 0. The summed E-state index contributed by atoms with van der Waals surface area (Å²) in [7, 11) is 1.42. The van der Waals surface area contributed by atoms with Gasteiger partial charge in [-0.1, -0.05) is 0 Å². The first-order chi connectivity index (χ1) is 7.72. The molecule has 86 valence electrons. The number of nitrogens with zero attached hydrogens (tertiary/aromatic N) is 2. The van der Waals surface area contributed by atoms with Crippen molar-refractivity contribution in [3.8, 4) is 0 Å². The van der Waals surface area contributed by atoms with Crippen LogP contribution in [0.15, 0.2) is 18.3 Å². The van der Waals surface area contributed by atoms with Gasteiger partial charge < -0.3 is 15.4 Å². The van der Waals surface area contributed by atoms with E-state index in [9.17, 15) is 4.79 Å². The van der Waals surface area contributed by atoms with Crippen LogP contribution < -0.4 is 10.6 Å². The zero-order chi connectivity index (χ0) is 11.5. The fourth-order valence-electron chi connectivity index (χ4n) is 1.99. The highest BCUT2D eigenvalue weighted by Gasteiger charge is 2.30. The van der Waals surface area contributed by atoms with E-state index in [1.54, 1.807) is 12.3 Å². The molecule has 0 aliphatic carbocycles. The molecule has 2 N–H and O–H groups in total. The average molecular weight is 221 g/mol. The summed E-state index contributed by atoms with van der Waals surface area (Å²) in [6.07, 6.45) is 2.50. The largest absolute Gasteiger partial charge is 0.469 e. The van der Waals surface area contributed by atoms with Gasteiger partial charge in [-0.05, 0) is 18.6 Å². The lowest BCUT2D eigenvalue weighted by Gasteiger charge is -2.18. The second-order valence-electron chi connectivity index (χ2n) is 3.87. The van der Waals surface area contributed by atoms with Crippen LogP contribution in [0.4, 0.5) is 11.5 Å². The van der Waals surface area contributed by atoms with Gasteiger partial charge in [-0.2, -0.15) is 0 Å². The normalized spacial score (nSPS) is 19.8. The summed E-state index contributed by atoms with van der Waals surface area (Å²) >= 11 is 0. The molecule has 0 amide bonds. The highest BCUT2D eigenvalue weighted by atomic mass is 16.5.